The fraction of sp³-hybridized carbons (Fsp3) is 0.278. The van der Waals surface area contributed by atoms with Crippen LogP contribution in [0.15, 0.2) is 41.4 Å². The Labute approximate surface area is 131 Å². The lowest BCUT2D eigenvalue weighted by Gasteiger charge is -2.06. The van der Waals surface area contributed by atoms with Gasteiger partial charge in [0.1, 0.15) is 5.84 Å². The molecule has 0 aliphatic heterocycles. The van der Waals surface area contributed by atoms with E-state index in [9.17, 15) is 0 Å². The molecule has 0 unspecified atom stereocenters. The van der Waals surface area contributed by atoms with Gasteiger partial charge in [-0.25, -0.2) is 0 Å². The molecule has 2 rings (SSSR count). The average molecular weight is 301 g/mol. The topological polar surface area (TPSA) is 38.4 Å². The van der Waals surface area contributed by atoms with Gasteiger partial charge in [0.05, 0.1) is 6.54 Å². The van der Waals surface area contributed by atoms with E-state index in [0.29, 0.717) is 12.4 Å². The van der Waals surface area contributed by atoms with Gasteiger partial charge in [-0.2, -0.15) is 0 Å². The van der Waals surface area contributed by atoms with Crippen molar-refractivity contribution in [1.29, 1.82) is 0 Å². The van der Waals surface area contributed by atoms with Crippen molar-refractivity contribution in [3.63, 3.8) is 0 Å². The second-order valence-corrected chi connectivity index (χ2v) is 5.76. The fourth-order valence-electron chi connectivity index (χ4n) is 2.18. The van der Waals surface area contributed by atoms with Gasteiger partial charge in [0.25, 0.3) is 0 Å². The Balaban J connectivity index is 2.20. The molecule has 0 aliphatic rings. The molecule has 0 saturated carbocycles. The molecule has 0 aromatic heterocycles. The molecular weight excluding hydrogens is 280 g/mol. The molecule has 110 valence electrons. The Morgan fingerprint density at radius 3 is 2.43 bits per heavy atom. The minimum absolute atomic E-state index is 0.548. The SMILES string of the molecule is CCc1cc(Cl)cc(CN=C(N)c2ccc(C)c(C)c2)c1. The summed E-state index contributed by atoms with van der Waals surface area (Å²) in [5, 5.41) is 0.754. The first-order valence-electron chi connectivity index (χ1n) is 7.15. The van der Waals surface area contributed by atoms with Gasteiger partial charge < -0.3 is 5.73 Å². The van der Waals surface area contributed by atoms with Gasteiger partial charge in [0, 0.05) is 10.6 Å². The van der Waals surface area contributed by atoms with Crippen LogP contribution in [0.2, 0.25) is 5.02 Å². The summed E-state index contributed by atoms with van der Waals surface area (Å²) >= 11 is 6.12. The molecule has 21 heavy (non-hydrogen) atoms. The third kappa shape index (κ3) is 4.08. The van der Waals surface area contributed by atoms with Gasteiger partial charge in [-0.3, -0.25) is 4.99 Å². The molecule has 2 N–H and O–H groups in total. The molecule has 0 heterocycles. The van der Waals surface area contributed by atoms with E-state index in [4.69, 9.17) is 17.3 Å². The summed E-state index contributed by atoms with van der Waals surface area (Å²) in [5.74, 6) is 0.566. The van der Waals surface area contributed by atoms with Gasteiger partial charge in [0.15, 0.2) is 0 Å². The van der Waals surface area contributed by atoms with E-state index in [0.717, 1.165) is 22.6 Å². The summed E-state index contributed by atoms with van der Waals surface area (Å²) in [6.45, 7) is 6.83. The zero-order chi connectivity index (χ0) is 15.4. The summed E-state index contributed by atoms with van der Waals surface area (Å²) in [5.41, 5.74) is 11.8. The highest BCUT2D eigenvalue weighted by molar-refractivity contribution is 6.30. The Morgan fingerprint density at radius 2 is 1.76 bits per heavy atom. The van der Waals surface area contributed by atoms with E-state index in [-0.39, 0.29) is 0 Å². The highest BCUT2D eigenvalue weighted by atomic mass is 35.5. The quantitative estimate of drug-likeness (QED) is 0.658. The Hall–Kier alpha value is -1.80. The van der Waals surface area contributed by atoms with Crippen molar-refractivity contribution < 1.29 is 0 Å². The summed E-state index contributed by atoms with van der Waals surface area (Å²) in [6, 6.07) is 12.2. The number of aliphatic imine (C=N–C) groups is 1. The van der Waals surface area contributed by atoms with Crippen LogP contribution in [0.3, 0.4) is 0 Å². The van der Waals surface area contributed by atoms with E-state index in [1.807, 2.05) is 18.2 Å². The molecule has 2 aromatic carbocycles. The molecule has 0 spiro atoms. The molecular formula is C18H21ClN2. The molecule has 0 saturated heterocycles. The molecule has 0 fully saturated rings. The van der Waals surface area contributed by atoms with Gasteiger partial charge in [-0.15, -0.1) is 0 Å². The van der Waals surface area contributed by atoms with Gasteiger partial charge in [-0.05, 0) is 60.7 Å². The van der Waals surface area contributed by atoms with Crippen molar-refractivity contribution >= 4 is 17.4 Å². The highest BCUT2D eigenvalue weighted by Crippen LogP contribution is 2.17. The van der Waals surface area contributed by atoms with Crippen molar-refractivity contribution in [1.82, 2.24) is 0 Å². The second kappa shape index (κ2) is 6.77. The lowest BCUT2D eigenvalue weighted by molar-refractivity contribution is 1.04. The molecule has 0 radical (unpaired) electrons. The van der Waals surface area contributed by atoms with E-state index in [1.165, 1.54) is 16.7 Å². The summed E-state index contributed by atoms with van der Waals surface area (Å²) < 4.78 is 0. The monoisotopic (exact) mass is 300 g/mol. The first-order chi connectivity index (χ1) is 9.99. The van der Waals surface area contributed by atoms with E-state index in [1.54, 1.807) is 0 Å². The second-order valence-electron chi connectivity index (χ2n) is 5.32. The average Bonchev–Trinajstić information content (AvgIpc) is 2.47. The predicted molar refractivity (Wildman–Crippen MR) is 91.2 cm³/mol. The number of benzene rings is 2. The number of rotatable bonds is 4. The van der Waals surface area contributed by atoms with Crippen LogP contribution < -0.4 is 5.73 Å². The predicted octanol–water partition coefficient (Wildman–Crippen LogP) is 4.42. The van der Waals surface area contributed by atoms with Gasteiger partial charge >= 0.3 is 0 Å². The van der Waals surface area contributed by atoms with Crippen molar-refractivity contribution in [2.24, 2.45) is 10.7 Å². The fourth-order valence-corrected chi connectivity index (χ4v) is 2.46. The molecule has 0 amide bonds. The Bertz CT molecular complexity index is 675. The van der Waals surface area contributed by atoms with Gasteiger partial charge in [-0.1, -0.05) is 36.7 Å². The largest absolute Gasteiger partial charge is 0.383 e. The standard InChI is InChI=1S/C18H21ClN2/c1-4-14-8-15(10-17(19)9-14)11-21-18(20)16-6-5-12(2)13(3)7-16/h5-10H,4,11H2,1-3H3,(H2,20,21). The number of halogens is 1. The normalized spacial score (nSPS) is 11.7. The van der Waals surface area contributed by atoms with Crippen LogP contribution in [0.25, 0.3) is 0 Å². The maximum absolute atomic E-state index is 6.12. The minimum Gasteiger partial charge on any atom is -0.383 e. The minimum atomic E-state index is 0.548. The summed E-state index contributed by atoms with van der Waals surface area (Å²) in [6.07, 6.45) is 0.962. The number of nitrogens with two attached hydrogens (primary N) is 1. The van der Waals surface area contributed by atoms with Crippen LogP contribution in [0, 0.1) is 13.8 Å². The Morgan fingerprint density at radius 1 is 1.05 bits per heavy atom. The zero-order valence-corrected chi connectivity index (χ0v) is 13.5. The van der Waals surface area contributed by atoms with E-state index < -0.39 is 0 Å². The van der Waals surface area contributed by atoms with Crippen LogP contribution >= 0.6 is 11.6 Å². The van der Waals surface area contributed by atoms with Crippen LogP contribution in [-0.2, 0) is 13.0 Å². The lowest BCUT2D eigenvalue weighted by Crippen LogP contribution is -2.14. The van der Waals surface area contributed by atoms with Crippen LogP contribution in [0.5, 0.6) is 0 Å². The highest BCUT2D eigenvalue weighted by Gasteiger charge is 2.02. The number of nitrogens with zero attached hydrogens (tertiary/aromatic N) is 1. The molecule has 0 aliphatic carbocycles. The molecule has 2 nitrogen and oxygen atoms in total. The first-order valence-corrected chi connectivity index (χ1v) is 7.53. The van der Waals surface area contributed by atoms with Crippen molar-refractivity contribution in [2.45, 2.75) is 33.7 Å². The molecule has 0 atom stereocenters. The van der Waals surface area contributed by atoms with Crippen molar-refractivity contribution in [3.8, 4) is 0 Å². The smallest absolute Gasteiger partial charge is 0.125 e. The molecule has 0 bridgehead atoms. The van der Waals surface area contributed by atoms with Crippen LogP contribution in [0.4, 0.5) is 0 Å². The van der Waals surface area contributed by atoms with Crippen LogP contribution in [-0.4, -0.2) is 5.84 Å². The number of amidine groups is 1. The first kappa shape index (κ1) is 15.6. The number of hydrogen-bond acceptors (Lipinski definition) is 1. The summed E-state index contributed by atoms with van der Waals surface area (Å²) in [7, 11) is 0. The van der Waals surface area contributed by atoms with E-state index in [2.05, 4.69) is 44.0 Å². The number of aryl methyl sites for hydroxylation is 3. The zero-order valence-electron chi connectivity index (χ0n) is 12.8. The van der Waals surface area contributed by atoms with Crippen LogP contribution in [0.1, 0.15) is 34.7 Å². The van der Waals surface area contributed by atoms with Crippen molar-refractivity contribution in [2.75, 3.05) is 0 Å². The number of hydrogen-bond donors (Lipinski definition) is 1. The van der Waals surface area contributed by atoms with E-state index >= 15 is 0 Å². The third-order valence-electron chi connectivity index (χ3n) is 3.66. The summed E-state index contributed by atoms with van der Waals surface area (Å²) in [4.78, 5) is 4.49. The molecule has 2 aromatic rings. The van der Waals surface area contributed by atoms with Gasteiger partial charge in [0.2, 0.25) is 0 Å². The Kier molecular flexibility index (Phi) is 5.03. The lowest BCUT2D eigenvalue weighted by atomic mass is 10.1. The third-order valence-corrected chi connectivity index (χ3v) is 3.88. The maximum atomic E-state index is 6.12. The van der Waals surface area contributed by atoms with Crippen molar-refractivity contribution in [3.05, 3.63) is 69.2 Å². The maximum Gasteiger partial charge on any atom is 0.125 e. The molecule has 3 heteroatoms.